The van der Waals surface area contributed by atoms with Gasteiger partial charge in [0.1, 0.15) is 0 Å². The van der Waals surface area contributed by atoms with E-state index in [1.54, 1.807) is 0 Å². The standard InChI is InChI=1S/C26H39NO2/c1-21(15-16-24-23(3)13-10-18-26(24,4)5)11-9-12-22(2)17-20-27-19-8-6-7-14-25(28)29/h9,11-12,15-17,20H,6-8,10,13-14,18-19H2,1-5H3,(H,28,29)/b12-9+,16-15+,21-11+,22-17+,27-20?. The van der Waals surface area contributed by atoms with Crippen molar-refractivity contribution in [2.45, 2.75) is 79.6 Å². The second kappa shape index (κ2) is 13.1. The van der Waals surface area contributed by atoms with E-state index in [-0.39, 0.29) is 11.8 Å². The Bertz CT molecular complexity index is 715. The van der Waals surface area contributed by atoms with Crippen LogP contribution >= 0.6 is 0 Å². The smallest absolute Gasteiger partial charge is 0.303 e. The Morgan fingerprint density at radius 1 is 1.10 bits per heavy atom. The first-order chi connectivity index (χ1) is 13.7. The average molecular weight is 398 g/mol. The number of allylic oxidation sites excluding steroid dienone is 10. The van der Waals surface area contributed by atoms with Gasteiger partial charge in [-0.25, -0.2) is 0 Å². The van der Waals surface area contributed by atoms with E-state index >= 15 is 0 Å². The first kappa shape index (κ1) is 24.9. The van der Waals surface area contributed by atoms with Gasteiger partial charge in [0, 0.05) is 19.2 Å². The van der Waals surface area contributed by atoms with Crippen LogP contribution in [0, 0.1) is 5.41 Å². The summed E-state index contributed by atoms with van der Waals surface area (Å²) in [6, 6.07) is 0. The van der Waals surface area contributed by atoms with Gasteiger partial charge >= 0.3 is 5.97 Å². The number of carboxylic acid groups (broad SMARTS) is 1. The van der Waals surface area contributed by atoms with Crippen molar-refractivity contribution in [1.29, 1.82) is 0 Å². The van der Waals surface area contributed by atoms with Gasteiger partial charge in [-0.05, 0) is 75.5 Å². The molecule has 0 saturated carbocycles. The number of aliphatic imine (C=N–C) groups is 1. The van der Waals surface area contributed by atoms with E-state index < -0.39 is 5.97 Å². The van der Waals surface area contributed by atoms with Crippen molar-refractivity contribution < 1.29 is 9.90 Å². The van der Waals surface area contributed by atoms with Gasteiger partial charge in [0.15, 0.2) is 0 Å². The molecule has 29 heavy (non-hydrogen) atoms. The highest BCUT2D eigenvalue weighted by Crippen LogP contribution is 2.40. The zero-order valence-corrected chi connectivity index (χ0v) is 19.0. The summed E-state index contributed by atoms with van der Waals surface area (Å²) in [6.07, 6.45) is 21.3. The van der Waals surface area contributed by atoms with E-state index in [9.17, 15) is 4.79 Å². The van der Waals surface area contributed by atoms with E-state index in [1.807, 2.05) is 12.3 Å². The normalized spacial score (nSPS) is 18.5. The first-order valence-electron chi connectivity index (χ1n) is 10.8. The molecule has 0 radical (unpaired) electrons. The Labute approximate surface area is 177 Å². The van der Waals surface area contributed by atoms with Gasteiger partial charge in [-0.15, -0.1) is 0 Å². The van der Waals surface area contributed by atoms with Crippen molar-refractivity contribution in [3.63, 3.8) is 0 Å². The average Bonchev–Trinajstić information content (AvgIpc) is 2.62. The number of rotatable bonds is 11. The van der Waals surface area contributed by atoms with Gasteiger partial charge in [-0.2, -0.15) is 0 Å². The minimum absolute atomic E-state index is 0.255. The lowest BCUT2D eigenvalue weighted by molar-refractivity contribution is -0.137. The van der Waals surface area contributed by atoms with Crippen LogP contribution in [0.25, 0.3) is 0 Å². The van der Waals surface area contributed by atoms with Crippen molar-refractivity contribution >= 4 is 12.2 Å². The van der Waals surface area contributed by atoms with Crippen LogP contribution in [-0.2, 0) is 4.79 Å². The van der Waals surface area contributed by atoms with Crippen LogP contribution in [0.5, 0.6) is 0 Å². The maximum atomic E-state index is 10.4. The summed E-state index contributed by atoms with van der Waals surface area (Å²) < 4.78 is 0. The summed E-state index contributed by atoms with van der Waals surface area (Å²) >= 11 is 0. The molecule has 0 fully saturated rings. The van der Waals surface area contributed by atoms with Crippen molar-refractivity contribution in [3.05, 3.63) is 58.7 Å². The molecule has 1 aliphatic rings. The molecule has 0 amide bonds. The number of unbranched alkanes of at least 4 members (excludes halogenated alkanes) is 2. The molecule has 1 aliphatic carbocycles. The van der Waals surface area contributed by atoms with Gasteiger partial charge < -0.3 is 5.11 Å². The summed E-state index contributed by atoms with van der Waals surface area (Å²) in [4.78, 5) is 14.8. The van der Waals surface area contributed by atoms with Crippen LogP contribution in [0.1, 0.15) is 79.6 Å². The summed E-state index contributed by atoms with van der Waals surface area (Å²) in [5.41, 5.74) is 5.70. The lowest BCUT2D eigenvalue weighted by Crippen LogP contribution is -2.19. The molecule has 3 heteroatoms. The third-order valence-electron chi connectivity index (χ3n) is 5.39. The quantitative estimate of drug-likeness (QED) is 0.227. The van der Waals surface area contributed by atoms with Crippen molar-refractivity contribution in [2.75, 3.05) is 6.54 Å². The zero-order valence-electron chi connectivity index (χ0n) is 19.0. The topological polar surface area (TPSA) is 49.7 Å². The molecular formula is C26H39NO2. The highest BCUT2D eigenvalue weighted by Gasteiger charge is 2.26. The predicted molar refractivity (Wildman–Crippen MR) is 126 cm³/mol. The first-order valence-corrected chi connectivity index (χ1v) is 10.8. The molecule has 0 aromatic rings. The Morgan fingerprint density at radius 3 is 2.52 bits per heavy atom. The van der Waals surface area contributed by atoms with E-state index in [0.29, 0.717) is 0 Å². The molecule has 1 rings (SSSR count). The third-order valence-corrected chi connectivity index (χ3v) is 5.39. The van der Waals surface area contributed by atoms with Crippen LogP contribution in [0.15, 0.2) is 63.7 Å². The molecule has 1 N–H and O–H groups in total. The fourth-order valence-corrected chi connectivity index (χ4v) is 3.59. The van der Waals surface area contributed by atoms with Crippen LogP contribution in [0.4, 0.5) is 0 Å². The third kappa shape index (κ3) is 10.8. The molecule has 0 heterocycles. The molecule has 0 bridgehead atoms. The zero-order chi connectivity index (χ0) is 21.7. The molecule has 160 valence electrons. The monoisotopic (exact) mass is 397 g/mol. The lowest BCUT2D eigenvalue weighted by Gasteiger charge is -2.32. The second-order valence-corrected chi connectivity index (χ2v) is 8.70. The van der Waals surface area contributed by atoms with E-state index in [0.717, 1.165) is 31.4 Å². The summed E-state index contributed by atoms with van der Waals surface area (Å²) in [5, 5.41) is 8.59. The highest BCUT2D eigenvalue weighted by atomic mass is 16.4. The van der Waals surface area contributed by atoms with Gasteiger partial charge in [-0.3, -0.25) is 9.79 Å². The predicted octanol–water partition coefficient (Wildman–Crippen LogP) is 7.23. The summed E-state index contributed by atoms with van der Waals surface area (Å²) in [5.74, 6) is -0.719. The van der Waals surface area contributed by atoms with E-state index in [2.05, 4.69) is 70.0 Å². The molecular weight excluding hydrogens is 358 g/mol. The number of carboxylic acids is 1. The van der Waals surface area contributed by atoms with Crippen molar-refractivity contribution in [3.8, 4) is 0 Å². The number of aliphatic carboxylic acids is 1. The van der Waals surface area contributed by atoms with E-state index in [1.165, 1.54) is 36.0 Å². The molecule has 0 aliphatic heterocycles. The molecule has 0 spiro atoms. The molecule has 3 nitrogen and oxygen atoms in total. The Kier molecular flexibility index (Phi) is 11.3. The fraction of sp³-hybridized carbons (Fsp3) is 0.538. The van der Waals surface area contributed by atoms with Crippen LogP contribution < -0.4 is 0 Å². The largest absolute Gasteiger partial charge is 0.481 e. The van der Waals surface area contributed by atoms with Crippen LogP contribution in [0.2, 0.25) is 0 Å². The van der Waals surface area contributed by atoms with E-state index in [4.69, 9.17) is 5.11 Å². The minimum Gasteiger partial charge on any atom is -0.481 e. The molecule has 0 unspecified atom stereocenters. The Balaban J connectivity index is 2.45. The maximum Gasteiger partial charge on any atom is 0.303 e. The van der Waals surface area contributed by atoms with Gasteiger partial charge in [-0.1, -0.05) is 61.8 Å². The number of carbonyl (C=O) groups is 1. The molecule has 0 aromatic heterocycles. The van der Waals surface area contributed by atoms with Gasteiger partial charge in [0.2, 0.25) is 0 Å². The maximum absolute atomic E-state index is 10.4. The van der Waals surface area contributed by atoms with Crippen LogP contribution in [0.3, 0.4) is 0 Å². The van der Waals surface area contributed by atoms with Gasteiger partial charge in [0.05, 0.1) is 0 Å². The summed E-state index contributed by atoms with van der Waals surface area (Å²) in [7, 11) is 0. The summed E-state index contributed by atoms with van der Waals surface area (Å²) in [6.45, 7) is 11.9. The number of hydrogen-bond donors (Lipinski definition) is 1. The Morgan fingerprint density at radius 2 is 1.83 bits per heavy atom. The van der Waals surface area contributed by atoms with Crippen molar-refractivity contribution in [2.24, 2.45) is 10.4 Å². The number of nitrogens with zero attached hydrogens (tertiary/aromatic N) is 1. The highest BCUT2D eigenvalue weighted by molar-refractivity contribution is 5.72. The fourth-order valence-electron chi connectivity index (χ4n) is 3.59. The second-order valence-electron chi connectivity index (χ2n) is 8.70. The lowest BCUT2D eigenvalue weighted by atomic mass is 9.72. The van der Waals surface area contributed by atoms with Gasteiger partial charge in [0.25, 0.3) is 0 Å². The van der Waals surface area contributed by atoms with Crippen molar-refractivity contribution in [1.82, 2.24) is 0 Å². The minimum atomic E-state index is -0.719. The molecule has 0 atom stereocenters. The number of hydrogen-bond acceptors (Lipinski definition) is 2. The molecule has 0 aromatic carbocycles. The molecule has 0 saturated heterocycles. The SMILES string of the molecule is CC1=C(/C=C/C(C)=C/C=C/C(C)=C/C=NCCCCCC(=O)O)C(C)(C)CCC1. The van der Waals surface area contributed by atoms with Crippen LogP contribution in [-0.4, -0.2) is 23.8 Å². The Hall–Kier alpha value is -2.16.